The van der Waals surface area contributed by atoms with Gasteiger partial charge in [0.1, 0.15) is 5.75 Å². The molecule has 1 amide bonds. The smallest absolute Gasteiger partial charge is 0.255 e. The summed E-state index contributed by atoms with van der Waals surface area (Å²) in [5.74, 6) is 0.195. The number of nitrogens with one attached hydrogen (secondary N) is 1. The van der Waals surface area contributed by atoms with Crippen LogP contribution in [0.15, 0.2) is 36.4 Å². The van der Waals surface area contributed by atoms with E-state index in [0.29, 0.717) is 33.6 Å². The van der Waals surface area contributed by atoms with Crippen LogP contribution in [0.4, 0.5) is 5.69 Å². The minimum absolute atomic E-state index is 0.0644. The number of carbonyl (C=O) groups is 1. The van der Waals surface area contributed by atoms with Crippen LogP contribution >= 0.6 is 23.2 Å². The van der Waals surface area contributed by atoms with Gasteiger partial charge in [-0.25, -0.2) is 0 Å². The van der Waals surface area contributed by atoms with E-state index in [1.165, 1.54) is 12.7 Å². The number of anilines is 1. The van der Waals surface area contributed by atoms with Crippen molar-refractivity contribution in [1.29, 1.82) is 0 Å². The largest absolute Gasteiger partial charge is 0.496 e. The molecule has 0 spiro atoms. The van der Waals surface area contributed by atoms with E-state index in [9.17, 15) is 4.79 Å². The van der Waals surface area contributed by atoms with Crippen LogP contribution in [0, 0.1) is 0 Å². The van der Waals surface area contributed by atoms with Gasteiger partial charge in [-0.2, -0.15) is 0 Å². The van der Waals surface area contributed by atoms with Gasteiger partial charge >= 0.3 is 0 Å². The Morgan fingerprint density at radius 3 is 2.46 bits per heavy atom. The fourth-order valence-electron chi connectivity index (χ4n) is 3.68. The summed E-state index contributed by atoms with van der Waals surface area (Å²) in [6.45, 7) is 0.554. The molecule has 2 aromatic carbocycles. The second kappa shape index (κ2) is 7.77. The van der Waals surface area contributed by atoms with Gasteiger partial charge in [0.2, 0.25) is 0 Å². The zero-order valence-corrected chi connectivity index (χ0v) is 16.2. The Bertz CT molecular complexity index is 800. The van der Waals surface area contributed by atoms with Crippen molar-refractivity contribution >= 4 is 34.8 Å². The summed E-state index contributed by atoms with van der Waals surface area (Å²) in [7, 11) is 1.51. The number of hydrogen-bond acceptors (Lipinski definition) is 3. The zero-order valence-electron chi connectivity index (χ0n) is 14.6. The fourth-order valence-corrected chi connectivity index (χ4v) is 3.97. The molecule has 1 aliphatic rings. The highest BCUT2D eigenvalue weighted by atomic mass is 35.5. The van der Waals surface area contributed by atoms with Crippen molar-refractivity contribution in [3.63, 3.8) is 0 Å². The first-order valence-corrected chi connectivity index (χ1v) is 9.38. The average molecular weight is 393 g/mol. The van der Waals surface area contributed by atoms with E-state index in [0.717, 1.165) is 25.7 Å². The van der Waals surface area contributed by atoms with Gasteiger partial charge < -0.3 is 15.8 Å². The highest BCUT2D eigenvalue weighted by Crippen LogP contribution is 2.41. The molecule has 138 valence electrons. The third-order valence-electron chi connectivity index (χ3n) is 5.17. The van der Waals surface area contributed by atoms with Crippen molar-refractivity contribution in [1.82, 2.24) is 5.32 Å². The summed E-state index contributed by atoms with van der Waals surface area (Å²) in [5.41, 5.74) is 7.71. The third kappa shape index (κ3) is 3.76. The van der Waals surface area contributed by atoms with Crippen molar-refractivity contribution < 1.29 is 9.53 Å². The Balaban J connectivity index is 1.81. The summed E-state index contributed by atoms with van der Waals surface area (Å²) in [5, 5.41) is 4.12. The van der Waals surface area contributed by atoms with E-state index < -0.39 is 0 Å². The lowest BCUT2D eigenvalue weighted by Gasteiger charge is -2.30. The Labute approximate surface area is 163 Å². The van der Waals surface area contributed by atoms with Crippen LogP contribution in [0.3, 0.4) is 0 Å². The van der Waals surface area contributed by atoms with Crippen LogP contribution in [0.2, 0.25) is 10.0 Å². The Morgan fingerprint density at radius 1 is 1.19 bits per heavy atom. The molecule has 2 aromatic rings. The maximum atomic E-state index is 12.8. The van der Waals surface area contributed by atoms with Crippen LogP contribution in [-0.2, 0) is 5.41 Å². The molecule has 1 fully saturated rings. The molecule has 0 atom stereocenters. The molecular weight excluding hydrogens is 371 g/mol. The van der Waals surface area contributed by atoms with Gasteiger partial charge in [0, 0.05) is 23.0 Å². The highest BCUT2D eigenvalue weighted by molar-refractivity contribution is 6.33. The zero-order chi connectivity index (χ0) is 18.7. The van der Waals surface area contributed by atoms with Crippen LogP contribution in [0.1, 0.15) is 41.6 Å². The van der Waals surface area contributed by atoms with Crippen molar-refractivity contribution in [2.75, 3.05) is 19.4 Å². The van der Waals surface area contributed by atoms with E-state index in [1.54, 1.807) is 12.1 Å². The Kier molecular flexibility index (Phi) is 5.64. The SMILES string of the molecule is COc1cc(N)c(Cl)cc1C(=O)NCC1(c2ccc(Cl)cc2)CCCC1. The molecular formula is C20H22Cl2N2O2. The molecule has 26 heavy (non-hydrogen) atoms. The number of hydrogen-bond donors (Lipinski definition) is 2. The van der Waals surface area contributed by atoms with Gasteiger partial charge in [0.05, 0.1) is 23.4 Å². The minimum atomic E-state index is -0.219. The normalized spacial score (nSPS) is 15.7. The van der Waals surface area contributed by atoms with Gasteiger partial charge in [-0.05, 0) is 36.6 Å². The molecule has 4 nitrogen and oxygen atoms in total. The molecule has 0 bridgehead atoms. The lowest BCUT2D eigenvalue weighted by molar-refractivity contribution is 0.0940. The summed E-state index contributed by atoms with van der Waals surface area (Å²) in [6.07, 6.45) is 4.37. The lowest BCUT2D eigenvalue weighted by Crippen LogP contribution is -2.39. The first-order valence-electron chi connectivity index (χ1n) is 8.62. The molecule has 0 radical (unpaired) electrons. The van der Waals surface area contributed by atoms with E-state index in [-0.39, 0.29) is 11.3 Å². The topological polar surface area (TPSA) is 64.3 Å². The number of nitrogen functional groups attached to an aromatic ring is 1. The maximum Gasteiger partial charge on any atom is 0.255 e. The molecule has 6 heteroatoms. The second-order valence-corrected chi connectivity index (χ2v) is 7.59. The van der Waals surface area contributed by atoms with Crippen molar-refractivity contribution in [3.8, 4) is 5.75 Å². The van der Waals surface area contributed by atoms with E-state index in [4.69, 9.17) is 33.7 Å². The fraction of sp³-hybridized carbons (Fsp3) is 0.350. The van der Waals surface area contributed by atoms with Crippen LogP contribution < -0.4 is 15.8 Å². The Hall–Kier alpha value is -1.91. The summed E-state index contributed by atoms with van der Waals surface area (Å²) < 4.78 is 5.28. The molecule has 0 aliphatic heterocycles. The molecule has 1 aliphatic carbocycles. The van der Waals surface area contributed by atoms with Gasteiger partial charge in [0.25, 0.3) is 5.91 Å². The van der Waals surface area contributed by atoms with Gasteiger partial charge in [-0.15, -0.1) is 0 Å². The van der Waals surface area contributed by atoms with Gasteiger partial charge in [-0.3, -0.25) is 4.79 Å². The van der Waals surface area contributed by atoms with Crippen LogP contribution in [0.5, 0.6) is 5.75 Å². The van der Waals surface area contributed by atoms with E-state index in [2.05, 4.69) is 17.4 Å². The second-order valence-electron chi connectivity index (χ2n) is 6.75. The predicted molar refractivity (Wildman–Crippen MR) is 106 cm³/mol. The number of benzene rings is 2. The monoisotopic (exact) mass is 392 g/mol. The number of rotatable bonds is 5. The third-order valence-corrected chi connectivity index (χ3v) is 5.75. The number of halogens is 2. The van der Waals surface area contributed by atoms with E-state index in [1.807, 2.05) is 12.1 Å². The first-order chi connectivity index (χ1) is 12.4. The van der Waals surface area contributed by atoms with Crippen LogP contribution in [0.25, 0.3) is 0 Å². The number of amides is 1. The lowest BCUT2D eigenvalue weighted by atomic mass is 9.79. The molecule has 0 unspecified atom stereocenters. The Morgan fingerprint density at radius 2 is 1.85 bits per heavy atom. The van der Waals surface area contributed by atoms with Crippen molar-refractivity contribution in [3.05, 3.63) is 57.6 Å². The number of ether oxygens (including phenoxy) is 1. The molecule has 0 heterocycles. The quantitative estimate of drug-likeness (QED) is 0.716. The molecule has 0 aromatic heterocycles. The molecule has 3 N–H and O–H groups in total. The standard InChI is InChI=1S/C20H22Cl2N2O2/c1-26-18-11-17(23)16(22)10-15(18)19(25)24-12-20(8-2-3-9-20)13-4-6-14(21)7-5-13/h4-7,10-11H,2-3,8-9,12,23H2,1H3,(H,24,25). The molecule has 1 saturated carbocycles. The predicted octanol–water partition coefficient (Wildman–Crippen LogP) is 4.83. The van der Waals surface area contributed by atoms with Crippen molar-refractivity contribution in [2.45, 2.75) is 31.1 Å². The average Bonchev–Trinajstić information content (AvgIpc) is 3.12. The van der Waals surface area contributed by atoms with Gasteiger partial charge in [-0.1, -0.05) is 48.2 Å². The summed E-state index contributed by atoms with van der Waals surface area (Å²) in [4.78, 5) is 12.8. The minimum Gasteiger partial charge on any atom is -0.496 e. The summed E-state index contributed by atoms with van der Waals surface area (Å²) >= 11 is 12.1. The van der Waals surface area contributed by atoms with Gasteiger partial charge in [0.15, 0.2) is 0 Å². The van der Waals surface area contributed by atoms with E-state index >= 15 is 0 Å². The highest BCUT2D eigenvalue weighted by Gasteiger charge is 2.36. The number of methoxy groups -OCH3 is 1. The van der Waals surface area contributed by atoms with Crippen LogP contribution in [-0.4, -0.2) is 19.6 Å². The molecule has 0 saturated heterocycles. The first kappa shape index (κ1) is 18.9. The molecule has 3 rings (SSSR count). The van der Waals surface area contributed by atoms with Crippen molar-refractivity contribution in [2.24, 2.45) is 0 Å². The number of carbonyl (C=O) groups excluding carboxylic acids is 1. The summed E-state index contributed by atoms with van der Waals surface area (Å²) in [6, 6.07) is 11.0. The number of nitrogens with two attached hydrogens (primary N) is 1. The maximum absolute atomic E-state index is 12.8.